The van der Waals surface area contributed by atoms with Gasteiger partial charge in [0.05, 0.1) is 18.0 Å². The number of nitrogen functional groups attached to an aromatic ring is 1. The molecule has 12 heteroatoms. The number of aromatic nitrogens is 5. The molecule has 0 atom stereocenters. The molecule has 0 radical (unpaired) electrons. The van der Waals surface area contributed by atoms with Crippen molar-refractivity contribution in [2.45, 2.75) is 13.5 Å². The molecule has 0 saturated carbocycles. The standard InChI is InChI=1S/C21H20ClN9O2/c1-13(14-7-6-8-15(22)11-14)24-26-21(32)18-17(12-30(2)16-9-4-3-5-10-16)31(29-25-18)20-19(23)27-33-28-20/h3-11H,12H2,1-2H3,(H2,23,27)(H,26,32)/b24-13+. The number of hydrogen-bond acceptors (Lipinski definition) is 9. The Kier molecular flexibility index (Phi) is 6.31. The summed E-state index contributed by atoms with van der Waals surface area (Å²) in [7, 11) is 1.88. The number of benzene rings is 2. The number of para-hydroxylation sites is 1. The lowest BCUT2D eigenvalue weighted by atomic mass is 10.1. The number of rotatable bonds is 7. The zero-order chi connectivity index (χ0) is 23.4. The summed E-state index contributed by atoms with van der Waals surface area (Å²) in [5.74, 6) is -0.393. The maximum Gasteiger partial charge on any atom is 0.293 e. The van der Waals surface area contributed by atoms with E-state index in [1.807, 2.05) is 48.3 Å². The Bertz CT molecular complexity index is 1300. The van der Waals surface area contributed by atoms with Crippen molar-refractivity contribution in [1.82, 2.24) is 30.7 Å². The highest BCUT2D eigenvalue weighted by Gasteiger charge is 2.25. The number of nitrogens with one attached hydrogen (secondary N) is 1. The second-order valence-electron chi connectivity index (χ2n) is 7.11. The fourth-order valence-electron chi connectivity index (χ4n) is 3.09. The molecule has 2 aromatic heterocycles. The van der Waals surface area contributed by atoms with Gasteiger partial charge in [-0.1, -0.05) is 47.1 Å². The average molecular weight is 466 g/mol. The van der Waals surface area contributed by atoms with Crippen molar-refractivity contribution < 1.29 is 9.42 Å². The first kappa shape index (κ1) is 22.0. The highest BCUT2D eigenvalue weighted by molar-refractivity contribution is 6.31. The van der Waals surface area contributed by atoms with Gasteiger partial charge in [0.2, 0.25) is 11.6 Å². The summed E-state index contributed by atoms with van der Waals surface area (Å²) >= 11 is 6.03. The molecule has 0 spiro atoms. The normalized spacial score (nSPS) is 11.4. The minimum atomic E-state index is -0.547. The summed E-state index contributed by atoms with van der Waals surface area (Å²) in [5.41, 5.74) is 11.1. The Morgan fingerprint density at radius 1 is 1.21 bits per heavy atom. The van der Waals surface area contributed by atoms with Crippen LogP contribution in [0.25, 0.3) is 5.82 Å². The SMILES string of the molecule is C/C(=N\NC(=O)c1nnn(-c2nonc2N)c1CN(C)c1ccccc1)c1cccc(Cl)c1. The highest BCUT2D eigenvalue weighted by atomic mass is 35.5. The monoisotopic (exact) mass is 465 g/mol. The van der Waals surface area contributed by atoms with E-state index in [4.69, 9.17) is 22.0 Å². The minimum Gasteiger partial charge on any atom is -0.378 e. The number of carbonyl (C=O) groups is 1. The van der Waals surface area contributed by atoms with Gasteiger partial charge in [-0.15, -0.1) is 5.10 Å². The van der Waals surface area contributed by atoms with Gasteiger partial charge in [0.1, 0.15) is 0 Å². The van der Waals surface area contributed by atoms with Crippen molar-refractivity contribution in [3.05, 3.63) is 76.6 Å². The van der Waals surface area contributed by atoms with E-state index in [-0.39, 0.29) is 23.9 Å². The van der Waals surface area contributed by atoms with Gasteiger partial charge in [0.15, 0.2) is 5.69 Å². The van der Waals surface area contributed by atoms with Crippen LogP contribution in [0.4, 0.5) is 11.5 Å². The summed E-state index contributed by atoms with van der Waals surface area (Å²) in [6.45, 7) is 2.03. The van der Waals surface area contributed by atoms with E-state index < -0.39 is 5.91 Å². The zero-order valence-corrected chi connectivity index (χ0v) is 18.6. The number of halogens is 1. The maximum absolute atomic E-state index is 13.0. The van der Waals surface area contributed by atoms with E-state index in [0.717, 1.165) is 11.3 Å². The maximum atomic E-state index is 13.0. The lowest BCUT2D eigenvalue weighted by Crippen LogP contribution is -2.25. The highest BCUT2D eigenvalue weighted by Crippen LogP contribution is 2.20. The van der Waals surface area contributed by atoms with Crippen LogP contribution in [-0.4, -0.2) is 44.0 Å². The molecule has 2 heterocycles. The molecule has 168 valence electrons. The van der Waals surface area contributed by atoms with Gasteiger partial charge in [-0.3, -0.25) is 4.79 Å². The predicted octanol–water partition coefficient (Wildman–Crippen LogP) is 2.68. The summed E-state index contributed by atoms with van der Waals surface area (Å²) in [6, 6.07) is 16.8. The topological polar surface area (TPSA) is 140 Å². The first-order valence-electron chi connectivity index (χ1n) is 9.83. The van der Waals surface area contributed by atoms with E-state index in [9.17, 15) is 4.79 Å². The van der Waals surface area contributed by atoms with Crippen LogP contribution < -0.4 is 16.1 Å². The first-order valence-corrected chi connectivity index (χ1v) is 10.2. The minimum absolute atomic E-state index is 0.0188. The second kappa shape index (κ2) is 9.49. The van der Waals surface area contributed by atoms with Crippen molar-refractivity contribution in [3.8, 4) is 5.82 Å². The third kappa shape index (κ3) is 4.83. The molecule has 1 amide bonds. The molecule has 0 unspecified atom stereocenters. The number of hydrazone groups is 1. The molecule has 33 heavy (non-hydrogen) atoms. The fraction of sp³-hybridized carbons (Fsp3) is 0.143. The van der Waals surface area contributed by atoms with Crippen LogP contribution in [0.3, 0.4) is 0 Å². The largest absolute Gasteiger partial charge is 0.378 e. The van der Waals surface area contributed by atoms with Crippen LogP contribution in [0, 0.1) is 0 Å². The van der Waals surface area contributed by atoms with E-state index in [2.05, 4.69) is 31.2 Å². The molecule has 11 nitrogen and oxygen atoms in total. The van der Waals surface area contributed by atoms with Gasteiger partial charge in [0, 0.05) is 17.8 Å². The van der Waals surface area contributed by atoms with Gasteiger partial charge in [-0.05, 0) is 47.1 Å². The first-order chi connectivity index (χ1) is 15.9. The predicted molar refractivity (Wildman–Crippen MR) is 123 cm³/mol. The van der Waals surface area contributed by atoms with Gasteiger partial charge in [-0.25, -0.2) is 10.1 Å². The number of carbonyl (C=O) groups excluding carboxylic acids is 1. The van der Waals surface area contributed by atoms with Gasteiger partial charge in [0.25, 0.3) is 5.91 Å². The Hall–Kier alpha value is -4.25. The zero-order valence-electron chi connectivity index (χ0n) is 17.8. The smallest absolute Gasteiger partial charge is 0.293 e. The summed E-state index contributed by atoms with van der Waals surface area (Å²) in [6.07, 6.45) is 0. The molecule has 0 aliphatic carbocycles. The molecular weight excluding hydrogens is 446 g/mol. The van der Waals surface area contributed by atoms with Crippen molar-refractivity contribution >= 4 is 34.7 Å². The lowest BCUT2D eigenvalue weighted by molar-refractivity contribution is 0.0949. The van der Waals surface area contributed by atoms with Gasteiger partial charge >= 0.3 is 0 Å². The van der Waals surface area contributed by atoms with Crippen molar-refractivity contribution in [2.24, 2.45) is 5.10 Å². The molecule has 0 bridgehead atoms. The van der Waals surface area contributed by atoms with Crippen LogP contribution in [-0.2, 0) is 6.54 Å². The van der Waals surface area contributed by atoms with E-state index in [1.165, 1.54) is 4.68 Å². The molecule has 2 aromatic carbocycles. The number of anilines is 2. The summed E-state index contributed by atoms with van der Waals surface area (Å²) in [4.78, 5) is 14.9. The Balaban J connectivity index is 1.64. The van der Waals surface area contributed by atoms with Crippen molar-refractivity contribution in [2.75, 3.05) is 17.7 Å². The fourth-order valence-corrected chi connectivity index (χ4v) is 3.28. The van der Waals surface area contributed by atoms with Crippen LogP contribution in [0.2, 0.25) is 5.02 Å². The molecule has 4 aromatic rings. The van der Waals surface area contributed by atoms with E-state index >= 15 is 0 Å². The van der Waals surface area contributed by atoms with Crippen LogP contribution in [0.15, 0.2) is 64.3 Å². The van der Waals surface area contributed by atoms with Crippen LogP contribution >= 0.6 is 11.6 Å². The average Bonchev–Trinajstić information content (AvgIpc) is 3.43. The summed E-state index contributed by atoms with van der Waals surface area (Å²) in [5, 5.41) is 20.2. The second-order valence-corrected chi connectivity index (χ2v) is 7.55. The van der Waals surface area contributed by atoms with Crippen molar-refractivity contribution in [1.29, 1.82) is 0 Å². The Labute approximate surface area is 193 Å². The third-order valence-electron chi connectivity index (χ3n) is 4.83. The Morgan fingerprint density at radius 3 is 2.70 bits per heavy atom. The number of hydrogen-bond donors (Lipinski definition) is 2. The molecule has 0 aliphatic heterocycles. The lowest BCUT2D eigenvalue weighted by Gasteiger charge is -2.19. The molecule has 0 aliphatic rings. The molecule has 0 saturated heterocycles. The Morgan fingerprint density at radius 2 is 2.00 bits per heavy atom. The number of nitrogens with two attached hydrogens (primary N) is 1. The van der Waals surface area contributed by atoms with Crippen LogP contribution in [0.5, 0.6) is 0 Å². The quantitative estimate of drug-likeness (QED) is 0.313. The molecular formula is C21H20ClN9O2. The van der Waals surface area contributed by atoms with Gasteiger partial charge < -0.3 is 10.6 Å². The van der Waals surface area contributed by atoms with E-state index in [0.29, 0.717) is 16.4 Å². The molecule has 4 rings (SSSR count). The molecule has 3 N–H and O–H groups in total. The number of nitrogens with zero attached hydrogens (tertiary/aromatic N) is 7. The number of amides is 1. The van der Waals surface area contributed by atoms with Gasteiger partial charge in [-0.2, -0.15) is 9.78 Å². The summed E-state index contributed by atoms with van der Waals surface area (Å²) < 4.78 is 6.02. The van der Waals surface area contributed by atoms with Crippen molar-refractivity contribution in [3.63, 3.8) is 0 Å². The van der Waals surface area contributed by atoms with E-state index in [1.54, 1.807) is 25.1 Å². The molecule has 0 fully saturated rings. The third-order valence-corrected chi connectivity index (χ3v) is 5.06. The van der Waals surface area contributed by atoms with Crippen LogP contribution in [0.1, 0.15) is 28.7 Å².